The van der Waals surface area contributed by atoms with E-state index >= 15 is 0 Å². The highest BCUT2D eigenvalue weighted by molar-refractivity contribution is 5.89. The summed E-state index contributed by atoms with van der Waals surface area (Å²) in [5, 5.41) is 0. The Balaban J connectivity index is 1.45. The molecule has 34 heavy (non-hydrogen) atoms. The number of ether oxygens (including phenoxy) is 1. The number of esters is 1. The first-order chi connectivity index (χ1) is 16.5. The summed E-state index contributed by atoms with van der Waals surface area (Å²) in [6.07, 6.45) is 2.97. The predicted molar refractivity (Wildman–Crippen MR) is 130 cm³/mol. The molecule has 3 aromatic rings. The van der Waals surface area contributed by atoms with Crippen molar-refractivity contribution in [2.24, 2.45) is 0 Å². The fourth-order valence-corrected chi connectivity index (χ4v) is 4.14. The fraction of sp³-hybridized carbons (Fsp3) is 0.357. The third-order valence-electron chi connectivity index (χ3n) is 6.14. The monoisotopic (exact) mass is 460 g/mol. The van der Waals surface area contributed by atoms with Crippen LogP contribution in [0.15, 0.2) is 71.1 Å². The summed E-state index contributed by atoms with van der Waals surface area (Å²) in [5.41, 5.74) is 2.73. The Morgan fingerprint density at radius 3 is 2.41 bits per heavy atom. The fourth-order valence-electron chi connectivity index (χ4n) is 4.14. The molecule has 1 aliphatic carbocycles. The first-order valence-corrected chi connectivity index (χ1v) is 11.8. The van der Waals surface area contributed by atoms with Crippen LogP contribution in [0, 0.1) is 6.92 Å². The second kappa shape index (κ2) is 11.2. The average Bonchev–Trinajstić information content (AvgIpc) is 3.63. The van der Waals surface area contributed by atoms with E-state index in [1.807, 2.05) is 60.4 Å². The van der Waals surface area contributed by atoms with Crippen molar-refractivity contribution in [3.63, 3.8) is 0 Å². The van der Waals surface area contributed by atoms with Gasteiger partial charge < -0.3 is 14.1 Å². The lowest BCUT2D eigenvalue weighted by Gasteiger charge is -2.27. The first-order valence-electron chi connectivity index (χ1n) is 11.8. The Labute approximate surface area is 201 Å². The normalized spacial score (nSPS) is 13.1. The molecule has 0 bridgehead atoms. The molecule has 178 valence electrons. The number of carbonyl (C=O) groups excluding carboxylic acids is 2. The second-order valence-corrected chi connectivity index (χ2v) is 8.89. The lowest BCUT2D eigenvalue weighted by atomic mass is 10.1. The molecule has 6 heteroatoms. The van der Waals surface area contributed by atoms with Gasteiger partial charge in [-0.05, 0) is 61.6 Å². The van der Waals surface area contributed by atoms with Crippen LogP contribution in [0.3, 0.4) is 0 Å². The van der Waals surface area contributed by atoms with Gasteiger partial charge in [0, 0.05) is 19.1 Å². The van der Waals surface area contributed by atoms with Gasteiger partial charge in [-0.3, -0.25) is 9.69 Å². The molecule has 0 saturated heterocycles. The van der Waals surface area contributed by atoms with E-state index in [-0.39, 0.29) is 11.9 Å². The Bertz CT molecular complexity index is 1100. The summed E-state index contributed by atoms with van der Waals surface area (Å²) in [5.74, 6) is 1.37. The minimum atomic E-state index is -0.350. The van der Waals surface area contributed by atoms with Crippen molar-refractivity contribution in [3.05, 3.63) is 94.9 Å². The molecule has 1 saturated carbocycles. The molecule has 1 heterocycles. The van der Waals surface area contributed by atoms with Gasteiger partial charge >= 0.3 is 5.97 Å². The molecule has 0 unspecified atom stereocenters. The van der Waals surface area contributed by atoms with E-state index in [0.717, 1.165) is 36.3 Å². The lowest BCUT2D eigenvalue weighted by molar-refractivity contribution is -0.133. The molecule has 2 aromatic carbocycles. The summed E-state index contributed by atoms with van der Waals surface area (Å²) in [4.78, 5) is 29.5. The zero-order chi connectivity index (χ0) is 23.9. The molecule has 0 radical (unpaired) electrons. The van der Waals surface area contributed by atoms with Crippen LogP contribution in [0.2, 0.25) is 0 Å². The van der Waals surface area contributed by atoms with E-state index in [9.17, 15) is 9.59 Å². The quantitative estimate of drug-likeness (QED) is 0.391. The van der Waals surface area contributed by atoms with Crippen LogP contribution >= 0.6 is 0 Å². The molecule has 1 aromatic heterocycles. The maximum absolute atomic E-state index is 13.5. The number of carbonyl (C=O) groups is 2. The molecular formula is C28H32N2O4. The maximum Gasteiger partial charge on any atom is 0.337 e. The third-order valence-corrected chi connectivity index (χ3v) is 6.14. The van der Waals surface area contributed by atoms with Crippen LogP contribution in [-0.2, 0) is 29.0 Å². The molecule has 0 atom stereocenters. The molecule has 0 aliphatic heterocycles. The van der Waals surface area contributed by atoms with E-state index in [4.69, 9.17) is 9.15 Å². The van der Waals surface area contributed by atoms with Crippen LogP contribution in [-0.4, -0.2) is 47.9 Å². The molecule has 1 fully saturated rings. The summed E-state index contributed by atoms with van der Waals surface area (Å²) < 4.78 is 10.6. The molecule has 4 rings (SSSR count). The standard InChI is InChI=1S/C28H32N2O4/c1-21-11-14-26(34-21)19-29(16-15-22-7-4-3-5-8-22)27(31)20-30(25-12-13-25)18-23-9-6-10-24(17-23)28(32)33-2/h3-11,14,17,25H,12-13,15-16,18-20H2,1-2H3. The Morgan fingerprint density at radius 1 is 0.971 bits per heavy atom. The van der Waals surface area contributed by atoms with E-state index in [1.165, 1.54) is 12.7 Å². The molecule has 0 spiro atoms. The summed E-state index contributed by atoms with van der Waals surface area (Å²) >= 11 is 0. The minimum Gasteiger partial charge on any atom is -0.465 e. The smallest absolute Gasteiger partial charge is 0.337 e. The van der Waals surface area contributed by atoms with Gasteiger partial charge in [-0.15, -0.1) is 0 Å². The van der Waals surface area contributed by atoms with Crippen molar-refractivity contribution in [2.45, 2.75) is 45.3 Å². The third kappa shape index (κ3) is 6.58. The highest BCUT2D eigenvalue weighted by Crippen LogP contribution is 2.28. The van der Waals surface area contributed by atoms with Gasteiger partial charge in [-0.2, -0.15) is 0 Å². The average molecular weight is 461 g/mol. The Kier molecular flexibility index (Phi) is 7.80. The van der Waals surface area contributed by atoms with Crippen LogP contribution < -0.4 is 0 Å². The van der Waals surface area contributed by atoms with Gasteiger partial charge in [0.05, 0.1) is 25.8 Å². The van der Waals surface area contributed by atoms with Gasteiger partial charge in [0.25, 0.3) is 0 Å². The molecule has 1 amide bonds. The number of methoxy groups -OCH3 is 1. The SMILES string of the molecule is COC(=O)c1cccc(CN(CC(=O)N(CCc2ccccc2)Cc2ccc(C)o2)C2CC2)c1. The molecule has 6 nitrogen and oxygen atoms in total. The number of nitrogens with zero attached hydrogens (tertiary/aromatic N) is 2. The first kappa shape index (κ1) is 23.8. The summed E-state index contributed by atoms with van der Waals surface area (Å²) in [6, 6.07) is 21.9. The van der Waals surface area contributed by atoms with Gasteiger partial charge in [0.1, 0.15) is 11.5 Å². The van der Waals surface area contributed by atoms with E-state index in [2.05, 4.69) is 17.0 Å². The molecule has 0 N–H and O–H groups in total. The van der Waals surface area contributed by atoms with Crippen LogP contribution in [0.4, 0.5) is 0 Å². The van der Waals surface area contributed by atoms with Gasteiger partial charge in [-0.1, -0.05) is 42.5 Å². The zero-order valence-electron chi connectivity index (χ0n) is 19.9. The van der Waals surface area contributed by atoms with Crippen LogP contribution in [0.25, 0.3) is 0 Å². The molecule has 1 aliphatic rings. The van der Waals surface area contributed by atoms with Crippen LogP contribution in [0.5, 0.6) is 0 Å². The summed E-state index contributed by atoms with van der Waals surface area (Å²) in [7, 11) is 1.38. The number of amides is 1. The number of hydrogen-bond acceptors (Lipinski definition) is 5. The largest absolute Gasteiger partial charge is 0.465 e. The van der Waals surface area contributed by atoms with Gasteiger partial charge in [-0.25, -0.2) is 4.79 Å². The van der Waals surface area contributed by atoms with Crippen molar-refractivity contribution in [2.75, 3.05) is 20.2 Å². The van der Waals surface area contributed by atoms with Crippen LogP contribution in [0.1, 0.15) is 45.8 Å². The zero-order valence-corrected chi connectivity index (χ0v) is 19.9. The number of benzene rings is 2. The van der Waals surface area contributed by atoms with Crippen molar-refractivity contribution in [3.8, 4) is 0 Å². The van der Waals surface area contributed by atoms with Gasteiger partial charge in [0.15, 0.2) is 0 Å². The van der Waals surface area contributed by atoms with Gasteiger partial charge in [0.2, 0.25) is 5.91 Å². The van der Waals surface area contributed by atoms with Crippen molar-refractivity contribution >= 4 is 11.9 Å². The van der Waals surface area contributed by atoms with Crippen molar-refractivity contribution in [1.82, 2.24) is 9.80 Å². The minimum absolute atomic E-state index is 0.0843. The topological polar surface area (TPSA) is 63.0 Å². The van der Waals surface area contributed by atoms with Crippen molar-refractivity contribution < 1.29 is 18.7 Å². The second-order valence-electron chi connectivity index (χ2n) is 8.89. The number of hydrogen-bond donors (Lipinski definition) is 0. The lowest BCUT2D eigenvalue weighted by Crippen LogP contribution is -2.41. The van der Waals surface area contributed by atoms with E-state index < -0.39 is 0 Å². The van der Waals surface area contributed by atoms with Crippen molar-refractivity contribution in [1.29, 1.82) is 0 Å². The number of furan rings is 1. The predicted octanol–water partition coefficient (Wildman–Crippen LogP) is 4.61. The Morgan fingerprint density at radius 2 is 1.74 bits per heavy atom. The number of rotatable bonds is 11. The Hall–Kier alpha value is -3.38. The molecular weight excluding hydrogens is 428 g/mol. The maximum atomic E-state index is 13.5. The van der Waals surface area contributed by atoms with E-state index in [0.29, 0.717) is 37.8 Å². The number of aryl methyl sites for hydroxylation is 1. The highest BCUT2D eigenvalue weighted by Gasteiger charge is 2.31. The van der Waals surface area contributed by atoms with E-state index in [1.54, 1.807) is 6.07 Å². The highest BCUT2D eigenvalue weighted by atomic mass is 16.5. The summed E-state index contributed by atoms with van der Waals surface area (Å²) in [6.45, 7) is 3.95.